The van der Waals surface area contributed by atoms with Gasteiger partial charge in [0.1, 0.15) is 0 Å². The van der Waals surface area contributed by atoms with Crippen LogP contribution in [0.15, 0.2) is 18.2 Å². The van der Waals surface area contributed by atoms with E-state index in [-0.39, 0.29) is 5.91 Å². The van der Waals surface area contributed by atoms with Crippen LogP contribution in [0.5, 0.6) is 0 Å². The van der Waals surface area contributed by atoms with Gasteiger partial charge in [-0.1, -0.05) is 6.07 Å². The number of rotatable bonds is 4. The maximum absolute atomic E-state index is 11.0. The van der Waals surface area contributed by atoms with Gasteiger partial charge in [-0.3, -0.25) is 4.79 Å². The third-order valence-corrected chi connectivity index (χ3v) is 2.60. The van der Waals surface area contributed by atoms with Crippen LogP contribution in [-0.4, -0.2) is 34.1 Å². The van der Waals surface area contributed by atoms with Gasteiger partial charge in [-0.25, -0.2) is 0 Å². The number of hydrogen-bond donors (Lipinski definition) is 1. The van der Waals surface area contributed by atoms with E-state index in [9.17, 15) is 4.79 Å². The minimum Gasteiger partial charge on any atom is -0.377 e. The summed E-state index contributed by atoms with van der Waals surface area (Å²) in [4.78, 5) is 15.2. The van der Waals surface area contributed by atoms with Crippen LogP contribution in [0.25, 0.3) is 0 Å². The zero-order valence-corrected chi connectivity index (χ0v) is 11.2. The molecule has 0 aliphatic rings. The highest BCUT2D eigenvalue weighted by Crippen LogP contribution is 2.28. The average Bonchev–Trinajstić information content (AvgIpc) is 2.25. The molecule has 1 amide bonds. The molecule has 4 nitrogen and oxygen atoms in total. The van der Waals surface area contributed by atoms with Gasteiger partial charge in [0.25, 0.3) is 0 Å². The minimum atomic E-state index is -0.0109. The van der Waals surface area contributed by atoms with E-state index >= 15 is 0 Å². The quantitative estimate of drug-likeness (QED) is 0.858. The highest BCUT2D eigenvalue weighted by molar-refractivity contribution is 5.74. The summed E-state index contributed by atoms with van der Waals surface area (Å²) >= 11 is 0. The SMILES string of the molecule is CC(=O)NCc1c(N(C)C)cccc1N(C)C. The van der Waals surface area contributed by atoms with Gasteiger partial charge in [-0.2, -0.15) is 0 Å². The van der Waals surface area contributed by atoms with Crippen molar-refractivity contribution < 1.29 is 4.79 Å². The van der Waals surface area contributed by atoms with E-state index in [0.29, 0.717) is 6.54 Å². The molecule has 1 N–H and O–H groups in total. The van der Waals surface area contributed by atoms with Crippen LogP contribution < -0.4 is 15.1 Å². The van der Waals surface area contributed by atoms with Crippen LogP contribution in [0.3, 0.4) is 0 Å². The van der Waals surface area contributed by atoms with Crippen LogP contribution in [0.1, 0.15) is 12.5 Å². The first-order valence-electron chi connectivity index (χ1n) is 5.64. The van der Waals surface area contributed by atoms with Gasteiger partial charge in [0.15, 0.2) is 0 Å². The minimum absolute atomic E-state index is 0.0109. The first kappa shape index (κ1) is 13.4. The van der Waals surface area contributed by atoms with Crippen molar-refractivity contribution in [2.75, 3.05) is 38.0 Å². The summed E-state index contributed by atoms with van der Waals surface area (Å²) in [6.07, 6.45) is 0. The molecule has 0 aromatic heterocycles. The van der Waals surface area contributed by atoms with Crippen molar-refractivity contribution in [1.29, 1.82) is 0 Å². The van der Waals surface area contributed by atoms with Crippen LogP contribution in [0.2, 0.25) is 0 Å². The van der Waals surface area contributed by atoms with E-state index < -0.39 is 0 Å². The van der Waals surface area contributed by atoms with Crippen molar-refractivity contribution in [3.8, 4) is 0 Å². The third kappa shape index (κ3) is 3.37. The van der Waals surface area contributed by atoms with Crippen LogP contribution in [0, 0.1) is 0 Å². The lowest BCUT2D eigenvalue weighted by Crippen LogP contribution is -2.24. The molecule has 0 bridgehead atoms. The Hall–Kier alpha value is -1.71. The largest absolute Gasteiger partial charge is 0.377 e. The first-order valence-corrected chi connectivity index (χ1v) is 5.64. The molecule has 0 heterocycles. The Labute approximate surface area is 103 Å². The smallest absolute Gasteiger partial charge is 0.217 e. The second-order valence-electron chi connectivity index (χ2n) is 4.47. The molecule has 0 aliphatic carbocycles. The van der Waals surface area contributed by atoms with E-state index in [4.69, 9.17) is 0 Å². The number of anilines is 2. The Morgan fingerprint density at radius 2 is 1.59 bits per heavy atom. The van der Waals surface area contributed by atoms with Crippen molar-refractivity contribution in [3.63, 3.8) is 0 Å². The van der Waals surface area contributed by atoms with Crippen molar-refractivity contribution in [2.45, 2.75) is 13.5 Å². The molecule has 1 aromatic carbocycles. The lowest BCUT2D eigenvalue weighted by molar-refractivity contribution is -0.119. The van der Waals surface area contributed by atoms with Gasteiger partial charge in [0.2, 0.25) is 5.91 Å². The molecule has 4 heteroatoms. The van der Waals surface area contributed by atoms with E-state index in [1.165, 1.54) is 6.92 Å². The molecule has 0 saturated carbocycles. The Morgan fingerprint density at radius 1 is 1.12 bits per heavy atom. The van der Waals surface area contributed by atoms with Gasteiger partial charge in [0.05, 0.1) is 0 Å². The summed E-state index contributed by atoms with van der Waals surface area (Å²) in [6.45, 7) is 2.09. The molecule has 1 aromatic rings. The number of benzene rings is 1. The zero-order valence-electron chi connectivity index (χ0n) is 11.2. The number of nitrogens with zero attached hydrogens (tertiary/aromatic N) is 2. The Morgan fingerprint density at radius 3 is 1.94 bits per heavy atom. The van der Waals surface area contributed by atoms with E-state index in [2.05, 4.69) is 27.2 Å². The fraction of sp³-hybridized carbons (Fsp3) is 0.462. The average molecular weight is 235 g/mol. The summed E-state index contributed by atoms with van der Waals surface area (Å²) in [5.41, 5.74) is 3.40. The maximum Gasteiger partial charge on any atom is 0.217 e. The molecule has 0 atom stereocenters. The van der Waals surface area contributed by atoms with Gasteiger partial charge in [-0.05, 0) is 12.1 Å². The van der Waals surface area contributed by atoms with Gasteiger partial charge in [-0.15, -0.1) is 0 Å². The van der Waals surface area contributed by atoms with E-state index in [0.717, 1.165) is 16.9 Å². The summed E-state index contributed by atoms with van der Waals surface area (Å²) in [6, 6.07) is 6.15. The van der Waals surface area contributed by atoms with Crippen LogP contribution in [0.4, 0.5) is 11.4 Å². The molecule has 0 radical (unpaired) electrons. The summed E-state index contributed by atoms with van der Waals surface area (Å²) in [5.74, 6) is -0.0109. The van der Waals surface area contributed by atoms with E-state index in [1.54, 1.807) is 0 Å². The number of carbonyl (C=O) groups is 1. The topological polar surface area (TPSA) is 35.6 Å². The Kier molecular flexibility index (Phi) is 4.37. The molecule has 0 saturated heterocycles. The molecular formula is C13H21N3O. The van der Waals surface area contributed by atoms with E-state index in [1.807, 2.05) is 34.3 Å². The fourth-order valence-electron chi connectivity index (χ4n) is 1.79. The zero-order chi connectivity index (χ0) is 13.0. The maximum atomic E-state index is 11.0. The lowest BCUT2D eigenvalue weighted by atomic mass is 10.1. The molecule has 94 valence electrons. The number of carbonyl (C=O) groups excluding carboxylic acids is 1. The van der Waals surface area contributed by atoms with Gasteiger partial charge >= 0.3 is 0 Å². The lowest BCUT2D eigenvalue weighted by Gasteiger charge is -2.24. The molecule has 17 heavy (non-hydrogen) atoms. The van der Waals surface area contributed by atoms with Crippen LogP contribution in [-0.2, 0) is 11.3 Å². The second-order valence-corrected chi connectivity index (χ2v) is 4.47. The molecular weight excluding hydrogens is 214 g/mol. The first-order chi connectivity index (χ1) is 7.93. The number of hydrogen-bond acceptors (Lipinski definition) is 3. The van der Waals surface area contributed by atoms with Crippen molar-refractivity contribution in [2.24, 2.45) is 0 Å². The summed E-state index contributed by atoms with van der Waals surface area (Å²) < 4.78 is 0. The van der Waals surface area contributed by atoms with Crippen molar-refractivity contribution in [1.82, 2.24) is 5.32 Å². The normalized spacial score (nSPS) is 9.94. The molecule has 0 aliphatic heterocycles. The number of amides is 1. The molecule has 0 spiro atoms. The van der Waals surface area contributed by atoms with Crippen molar-refractivity contribution >= 4 is 17.3 Å². The predicted octanol–water partition coefficient (Wildman–Crippen LogP) is 1.45. The predicted molar refractivity (Wildman–Crippen MR) is 72.6 cm³/mol. The Bertz CT molecular complexity index is 373. The van der Waals surface area contributed by atoms with Crippen molar-refractivity contribution in [3.05, 3.63) is 23.8 Å². The number of nitrogens with one attached hydrogen (secondary N) is 1. The van der Waals surface area contributed by atoms with Gasteiger partial charge in [0, 0.05) is 58.6 Å². The third-order valence-electron chi connectivity index (χ3n) is 2.60. The monoisotopic (exact) mass is 235 g/mol. The van der Waals surface area contributed by atoms with Gasteiger partial charge < -0.3 is 15.1 Å². The molecule has 0 fully saturated rings. The summed E-state index contributed by atoms with van der Waals surface area (Å²) in [7, 11) is 8.02. The second kappa shape index (κ2) is 5.57. The summed E-state index contributed by atoms with van der Waals surface area (Å²) in [5, 5.41) is 2.86. The van der Waals surface area contributed by atoms with Crippen LogP contribution >= 0.6 is 0 Å². The molecule has 0 unspecified atom stereocenters. The fourth-order valence-corrected chi connectivity index (χ4v) is 1.79. The highest BCUT2D eigenvalue weighted by Gasteiger charge is 2.11. The standard InChI is InChI=1S/C13H21N3O/c1-10(17)14-9-11-12(15(2)3)7-6-8-13(11)16(4)5/h6-8H,9H2,1-5H3,(H,14,17). The Balaban J connectivity index is 3.14. The highest BCUT2D eigenvalue weighted by atomic mass is 16.1. The molecule has 1 rings (SSSR count).